The predicted octanol–water partition coefficient (Wildman–Crippen LogP) is 4.58. The van der Waals surface area contributed by atoms with Crippen LogP contribution in [0.1, 0.15) is 43.9 Å². The van der Waals surface area contributed by atoms with E-state index in [1.807, 2.05) is 24.3 Å². The van der Waals surface area contributed by atoms with Gasteiger partial charge >= 0.3 is 12.3 Å². The summed E-state index contributed by atoms with van der Waals surface area (Å²) in [5.74, 6) is -3.99. The lowest BCUT2D eigenvalue weighted by molar-refractivity contribution is -0.126. The molecule has 0 aromatic heterocycles. The second-order valence-electron chi connectivity index (χ2n) is 5.01. The van der Waals surface area contributed by atoms with E-state index in [0.717, 1.165) is 24.8 Å². The molecule has 0 bridgehead atoms. The van der Waals surface area contributed by atoms with Gasteiger partial charge in [0.05, 0.1) is 6.54 Å². The fraction of sp³-hybridized carbons (Fsp3) is 0.600. The molecule has 0 heterocycles. The molecule has 1 aromatic carbocycles. The lowest BCUT2D eigenvalue weighted by Gasteiger charge is -2.20. The zero-order chi connectivity index (χ0) is 15.2. The van der Waals surface area contributed by atoms with Crippen LogP contribution in [0.25, 0.3) is 0 Å². The van der Waals surface area contributed by atoms with Crippen molar-refractivity contribution in [2.45, 2.75) is 51.5 Å². The summed E-state index contributed by atoms with van der Waals surface area (Å²) in [6.07, 6.45) is -0.434. The number of aryl methyl sites for hydroxylation is 1. The predicted molar refractivity (Wildman–Crippen MR) is 72.4 cm³/mol. The molecule has 1 atom stereocenters. The smallest absolute Gasteiger partial charge is 0.304 e. The molecule has 1 N–H and O–H groups in total. The van der Waals surface area contributed by atoms with E-state index in [1.54, 1.807) is 6.92 Å². The minimum atomic E-state index is -3.99. The van der Waals surface area contributed by atoms with E-state index in [0.29, 0.717) is 0 Å². The summed E-state index contributed by atoms with van der Waals surface area (Å²) in [5.41, 5.74) is 2.01. The number of rotatable bonds is 8. The Morgan fingerprint density at radius 2 is 1.75 bits per heavy atom. The van der Waals surface area contributed by atoms with Gasteiger partial charge in [-0.3, -0.25) is 0 Å². The van der Waals surface area contributed by atoms with Crippen LogP contribution in [0.4, 0.5) is 17.6 Å². The van der Waals surface area contributed by atoms with E-state index in [9.17, 15) is 17.6 Å². The summed E-state index contributed by atoms with van der Waals surface area (Å²) in [4.78, 5) is 0. The number of unbranched alkanes of at least 4 members (excludes halogenated alkanes) is 1. The van der Waals surface area contributed by atoms with Crippen LogP contribution in [0.15, 0.2) is 24.3 Å². The van der Waals surface area contributed by atoms with E-state index in [-0.39, 0.29) is 6.04 Å². The van der Waals surface area contributed by atoms with Gasteiger partial charge in [-0.2, -0.15) is 8.78 Å². The lowest BCUT2D eigenvalue weighted by Crippen LogP contribution is -2.39. The van der Waals surface area contributed by atoms with Gasteiger partial charge in [0.2, 0.25) is 0 Å². The first-order chi connectivity index (χ1) is 9.36. The molecule has 1 aromatic rings. The molecule has 0 spiro atoms. The lowest BCUT2D eigenvalue weighted by atomic mass is 10.0. The van der Waals surface area contributed by atoms with Gasteiger partial charge in [-0.15, -0.1) is 0 Å². The van der Waals surface area contributed by atoms with Gasteiger partial charge < -0.3 is 5.32 Å². The minimum Gasteiger partial charge on any atom is -0.304 e. The van der Waals surface area contributed by atoms with Crippen molar-refractivity contribution in [3.8, 4) is 0 Å². The average molecular weight is 291 g/mol. The summed E-state index contributed by atoms with van der Waals surface area (Å²) in [5, 5.41) is 2.45. The first kappa shape index (κ1) is 17.0. The number of benzene rings is 1. The van der Waals surface area contributed by atoms with Crippen molar-refractivity contribution >= 4 is 0 Å². The maximum atomic E-state index is 12.8. The van der Waals surface area contributed by atoms with Gasteiger partial charge in [-0.1, -0.05) is 37.6 Å². The molecule has 1 rings (SSSR count). The van der Waals surface area contributed by atoms with Gasteiger partial charge in [0, 0.05) is 6.04 Å². The number of hydrogen-bond acceptors (Lipinski definition) is 1. The van der Waals surface area contributed by atoms with Crippen molar-refractivity contribution in [2.24, 2.45) is 0 Å². The number of hydrogen-bond donors (Lipinski definition) is 1. The summed E-state index contributed by atoms with van der Waals surface area (Å²) in [7, 11) is 0. The highest BCUT2D eigenvalue weighted by Gasteiger charge is 2.40. The van der Waals surface area contributed by atoms with E-state index in [2.05, 4.69) is 12.2 Å². The Balaban J connectivity index is 2.53. The van der Waals surface area contributed by atoms with Crippen LogP contribution in [-0.2, 0) is 6.42 Å². The molecular weight excluding hydrogens is 270 g/mol. The molecule has 0 amide bonds. The Bertz CT molecular complexity index is 389. The van der Waals surface area contributed by atoms with Crippen LogP contribution < -0.4 is 5.32 Å². The zero-order valence-corrected chi connectivity index (χ0v) is 11.8. The molecule has 0 aliphatic rings. The summed E-state index contributed by atoms with van der Waals surface area (Å²) < 4.78 is 49.7. The standard InChI is InChI=1S/C15H21F4N/c1-3-4-5-12-6-8-13(9-7-12)11(2)20-10-15(18,19)14(16)17/h6-9,11,14,20H,3-5,10H2,1-2H3. The van der Waals surface area contributed by atoms with Crippen molar-refractivity contribution in [2.75, 3.05) is 6.54 Å². The van der Waals surface area contributed by atoms with Crippen LogP contribution >= 0.6 is 0 Å². The Morgan fingerprint density at radius 3 is 2.25 bits per heavy atom. The van der Waals surface area contributed by atoms with E-state index >= 15 is 0 Å². The molecule has 0 aliphatic carbocycles. The average Bonchev–Trinajstić information content (AvgIpc) is 2.43. The van der Waals surface area contributed by atoms with Gasteiger partial charge in [-0.05, 0) is 30.9 Å². The molecule has 0 aliphatic heterocycles. The Labute approximate surface area is 117 Å². The summed E-state index contributed by atoms with van der Waals surface area (Å²) >= 11 is 0. The molecule has 5 heteroatoms. The SMILES string of the molecule is CCCCc1ccc(C(C)NCC(F)(F)C(F)F)cc1. The van der Waals surface area contributed by atoms with Crippen LogP contribution in [-0.4, -0.2) is 18.9 Å². The van der Waals surface area contributed by atoms with Crippen LogP contribution in [0.2, 0.25) is 0 Å². The molecule has 1 nitrogen and oxygen atoms in total. The maximum Gasteiger partial charge on any atom is 0.319 e. The van der Waals surface area contributed by atoms with Crippen molar-refractivity contribution in [3.63, 3.8) is 0 Å². The normalized spacial score (nSPS) is 13.8. The second-order valence-corrected chi connectivity index (χ2v) is 5.01. The second kappa shape index (κ2) is 7.62. The highest BCUT2D eigenvalue weighted by molar-refractivity contribution is 5.24. The molecule has 20 heavy (non-hydrogen) atoms. The zero-order valence-electron chi connectivity index (χ0n) is 11.8. The third kappa shape index (κ3) is 5.12. The molecule has 1 unspecified atom stereocenters. The van der Waals surface area contributed by atoms with Gasteiger partial charge in [0.25, 0.3) is 0 Å². The number of alkyl halides is 4. The first-order valence-electron chi connectivity index (χ1n) is 6.85. The van der Waals surface area contributed by atoms with Crippen molar-refractivity contribution < 1.29 is 17.6 Å². The molecule has 0 radical (unpaired) electrons. The molecule has 114 valence electrons. The number of nitrogens with one attached hydrogen (secondary N) is 1. The summed E-state index contributed by atoms with van der Waals surface area (Å²) in [6, 6.07) is 7.22. The summed E-state index contributed by atoms with van der Waals surface area (Å²) in [6.45, 7) is 2.77. The first-order valence-corrected chi connectivity index (χ1v) is 6.85. The third-order valence-corrected chi connectivity index (χ3v) is 3.26. The molecule has 0 saturated carbocycles. The number of halogens is 4. The maximum absolute atomic E-state index is 12.8. The van der Waals surface area contributed by atoms with Crippen LogP contribution in [0, 0.1) is 0 Å². The molecule has 0 fully saturated rings. The minimum absolute atomic E-state index is 0.389. The fourth-order valence-corrected chi connectivity index (χ4v) is 1.84. The van der Waals surface area contributed by atoms with Crippen molar-refractivity contribution in [3.05, 3.63) is 35.4 Å². The van der Waals surface area contributed by atoms with Gasteiger partial charge in [0.15, 0.2) is 0 Å². The fourth-order valence-electron chi connectivity index (χ4n) is 1.84. The highest BCUT2D eigenvalue weighted by Crippen LogP contribution is 2.23. The van der Waals surface area contributed by atoms with Gasteiger partial charge in [-0.25, -0.2) is 8.78 Å². The monoisotopic (exact) mass is 291 g/mol. The van der Waals surface area contributed by atoms with Crippen LogP contribution in [0.5, 0.6) is 0 Å². The van der Waals surface area contributed by atoms with Gasteiger partial charge in [0.1, 0.15) is 0 Å². The molecular formula is C15H21F4N. The Kier molecular flexibility index (Phi) is 6.46. The third-order valence-electron chi connectivity index (χ3n) is 3.26. The van der Waals surface area contributed by atoms with Crippen molar-refractivity contribution in [1.29, 1.82) is 0 Å². The largest absolute Gasteiger partial charge is 0.319 e. The Hall–Kier alpha value is -1.10. The topological polar surface area (TPSA) is 12.0 Å². The van der Waals surface area contributed by atoms with E-state index in [1.165, 1.54) is 5.56 Å². The molecule has 0 saturated heterocycles. The van der Waals surface area contributed by atoms with Crippen LogP contribution in [0.3, 0.4) is 0 Å². The quantitative estimate of drug-likeness (QED) is 0.691. The van der Waals surface area contributed by atoms with Crippen molar-refractivity contribution in [1.82, 2.24) is 5.32 Å². The Morgan fingerprint density at radius 1 is 1.15 bits per heavy atom. The highest BCUT2D eigenvalue weighted by atomic mass is 19.3. The van der Waals surface area contributed by atoms with E-state index in [4.69, 9.17) is 0 Å². The van der Waals surface area contributed by atoms with E-state index < -0.39 is 18.9 Å².